The third-order valence-corrected chi connectivity index (χ3v) is 4.60. The van der Waals surface area contributed by atoms with Crippen molar-refractivity contribution in [3.8, 4) is 11.5 Å². The zero-order valence-corrected chi connectivity index (χ0v) is 17.5. The van der Waals surface area contributed by atoms with E-state index < -0.39 is 0 Å². The Bertz CT molecular complexity index is 723. The lowest BCUT2D eigenvalue weighted by molar-refractivity contribution is 0.0364. The molecule has 2 aromatic rings. The van der Waals surface area contributed by atoms with Gasteiger partial charge in [-0.25, -0.2) is 4.98 Å². The van der Waals surface area contributed by atoms with Gasteiger partial charge in [0.2, 0.25) is 0 Å². The minimum absolute atomic E-state index is 0. The molecule has 0 bridgehead atoms. The average molecular weight is 442 g/mol. The molecule has 0 saturated carbocycles. The van der Waals surface area contributed by atoms with Crippen molar-refractivity contribution in [1.29, 1.82) is 0 Å². The number of morpholine rings is 1. The first-order chi connectivity index (χ1) is 11.8. The first-order valence-corrected chi connectivity index (χ1v) is 8.64. The standard InChI is InChI=1S/C17H24N4O3.3ClH/c18-2-1-17-19-13-11-15-16(24-10-9-23-15)12-14(13)21(17)4-3-20-5-7-22-8-6-20;;;/h11-12H,1-10,18H2;3*1H. The Morgan fingerprint density at radius 3 is 2.26 bits per heavy atom. The molecule has 3 heterocycles. The van der Waals surface area contributed by atoms with Crippen LogP contribution in [-0.4, -0.2) is 67.1 Å². The van der Waals surface area contributed by atoms with E-state index in [0.29, 0.717) is 19.8 Å². The number of nitrogens with zero attached hydrogens (tertiary/aromatic N) is 3. The second-order valence-electron chi connectivity index (χ2n) is 6.16. The number of nitrogens with two attached hydrogens (primary N) is 1. The fourth-order valence-electron chi connectivity index (χ4n) is 3.35. The lowest BCUT2D eigenvalue weighted by atomic mass is 10.2. The fraction of sp³-hybridized carbons (Fsp3) is 0.588. The van der Waals surface area contributed by atoms with Gasteiger partial charge in [0.15, 0.2) is 11.5 Å². The zero-order chi connectivity index (χ0) is 16.4. The maximum atomic E-state index is 5.78. The van der Waals surface area contributed by atoms with Crippen molar-refractivity contribution in [2.45, 2.75) is 13.0 Å². The quantitative estimate of drug-likeness (QED) is 0.764. The number of imidazole rings is 1. The van der Waals surface area contributed by atoms with Crippen LogP contribution in [-0.2, 0) is 17.7 Å². The van der Waals surface area contributed by atoms with Gasteiger partial charge in [0.1, 0.15) is 19.0 Å². The van der Waals surface area contributed by atoms with Crippen molar-refractivity contribution in [3.05, 3.63) is 18.0 Å². The monoisotopic (exact) mass is 440 g/mol. The van der Waals surface area contributed by atoms with Crippen LogP contribution < -0.4 is 15.2 Å². The first-order valence-electron chi connectivity index (χ1n) is 8.64. The Morgan fingerprint density at radius 2 is 1.59 bits per heavy atom. The summed E-state index contributed by atoms with van der Waals surface area (Å²) in [5.41, 5.74) is 7.82. The molecule has 27 heavy (non-hydrogen) atoms. The highest BCUT2D eigenvalue weighted by atomic mass is 35.5. The molecule has 154 valence electrons. The Balaban J connectivity index is 0.00000121. The number of ether oxygens (including phenoxy) is 3. The molecule has 2 N–H and O–H groups in total. The van der Waals surface area contributed by atoms with E-state index in [9.17, 15) is 0 Å². The zero-order valence-electron chi connectivity index (χ0n) is 15.1. The van der Waals surface area contributed by atoms with Crippen LogP contribution in [0.3, 0.4) is 0 Å². The van der Waals surface area contributed by atoms with Crippen LogP contribution in [0.5, 0.6) is 11.5 Å². The first kappa shape index (κ1) is 24.1. The van der Waals surface area contributed by atoms with Crippen LogP contribution >= 0.6 is 37.2 Å². The van der Waals surface area contributed by atoms with Gasteiger partial charge < -0.3 is 24.5 Å². The second kappa shape index (κ2) is 11.1. The van der Waals surface area contributed by atoms with Gasteiger partial charge in [-0.2, -0.15) is 0 Å². The van der Waals surface area contributed by atoms with Gasteiger partial charge in [0, 0.05) is 44.7 Å². The van der Waals surface area contributed by atoms with Gasteiger partial charge in [0.05, 0.1) is 24.2 Å². The highest BCUT2D eigenvalue weighted by Gasteiger charge is 2.19. The Hall–Kier alpha value is -0.960. The van der Waals surface area contributed by atoms with Gasteiger partial charge >= 0.3 is 0 Å². The molecule has 7 nitrogen and oxygen atoms in total. The maximum absolute atomic E-state index is 5.78. The number of hydrogen-bond donors (Lipinski definition) is 1. The maximum Gasteiger partial charge on any atom is 0.163 e. The lowest BCUT2D eigenvalue weighted by Gasteiger charge is -2.27. The molecule has 10 heteroatoms. The van der Waals surface area contributed by atoms with Crippen molar-refractivity contribution in [2.24, 2.45) is 5.73 Å². The van der Waals surface area contributed by atoms with Gasteiger partial charge in [-0.05, 0) is 6.54 Å². The molecule has 0 aliphatic carbocycles. The molecule has 2 aliphatic rings. The molecule has 0 radical (unpaired) electrons. The molecule has 0 atom stereocenters. The molecule has 4 rings (SSSR count). The number of rotatable bonds is 5. The topological polar surface area (TPSA) is 74.8 Å². The minimum atomic E-state index is 0. The normalized spacial score (nSPS) is 16.2. The average Bonchev–Trinajstić information content (AvgIpc) is 2.95. The highest BCUT2D eigenvalue weighted by Crippen LogP contribution is 2.34. The van der Waals surface area contributed by atoms with Crippen molar-refractivity contribution < 1.29 is 14.2 Å². The molecular weight excluding hydrogens is 415 g/mol. The van der Waals surface area contributed by atoms with E-state index in [1.807, 2.05) is 6.07 Å². The van der Waals surface area contributed by atoms with E-state index in [2.05, 4.69) is 15.5 Å². The SMILES string of the molecule is Cl.Cl.Cl.NCCc1nc2cc3c(cc2n1CCN1CCOCC1)OCCO3. The van der Waals surface area contributed by atoms with Crippen LogP contribution in [0.25, 0.3) is 11.0 Å². The largest absolute Gasteiger partial charge is 0.486 e. The van der Waals surface area contributed by atoms with Crippen LogP contribution in [0.15, 0.2) is 12.1 Å². The summed E-state index contributed by atoms with van der Waals surface area (Å²) in [7, 11) is 0. The Kier molecular flexibility index (Phi) is 9.94. The van der Waals surface area contributed by atoms with Gasteiger partial charge in [-0.1, -0.05) is 0 Å². The second-order valence-corrected chi connectivity index (χ2v) is 6.16. The van der Waals surface area contributed by atoms with Gasteiger partial charge in [0.25, 0.3) is 0 Å². The van der Waals surface area contributed by atoms with Crippen molar-refractivity contribution in [2.75, 3.05) is 52.6 Å². The molecule has 1 fully saturated rings. The number of aromatic nitrogens is 2. The molecule has 0 unspecified atom stereocenters. The number of fused-ring (bicyclic) bond motifs is 2. The van der Waals surface area contributed by atoms with Crippen molar-refractivity contribution >= 4 is 48.3 Å². The molecular formula is C17H27Cl3N4O3. The summed E-state index contributed by atoms with van der Waals surface area (Å²) in [4.78, 5) is 7.21. The minimum Gasteiger partial charge on any atom is -0.486 e. The molecule has 2 aliphatic heterocycles. The van der Waals surface area contributed by atoms with Crippen LogP contribution in [0.2, 0.25) is 0 Å². The summed E-state index contributed by atoms with van der Waals surface area (Å²) in [5.74, 6) is 2.62. The Labute approximate surface area is 177 Å². The van der Waals surface area contributed by atoms with Gasteiger partial charge in [-0.3, -0.25) is 4.90 Å². The fourth-order valence-corrected chi connectivity index (χ4v) is 3.35. The summed E-state index contributed by atoms with van der Waals surface area (Å²) < 4.78 is 19.1. The van der Waals surface area contributed by atoms with E-state index in [-0.39, 0.29) is 37.2 Å². The van der Waals surface area contributed by atoms with E-state index in [1.54, 1.807) is 0 Å². The summed E-state index contributed by atoms with van der Waals surface area (Å²) in [6.45, 7) is 7.27. The summed E-state index contributed by atoms with van der Waals surface area (Å²) in [6.07, 6.45) is 0.768. The summed E-state index contributed by atoms with van der Waals surface area (Å²) >= 11 is 0. The van der Waals surface area contributed by atoms with Crippen molar-refractivity contribution in [1.82, 2.24) is 14.5 Å². The number of benzene rings is 1. The molecule has 0 amide bonds. The van der Waals surface area contributed by atoms with E-state index in [0.717, 1.165) is 74.2 Å². The van der Waals surface area contributed by atoms with Crippen LogP contribution in [0.4, 0.5) is 0 Å². The third kappa shape index (κ3) is 5.31. The van der Waals surface area contributed by atoms with E-state index in [4.69, 9.17) is 24.9 Å². The van der Waals surface area contributed by atoms with Crippen LogP contribution in [0, 0.1) is 0 Å². The highest BCUT2D eigenvalue weighted by molar-refractivity contribution is 5.86. The van der Waals surface area contributed by atoms with Gasteiger partial charge in [-0.15, -0.1) is 37.2 Å². The third-order valence-electron chi connectivity index (χ3n) is 4.60. The molecule has 0 spiro atoms. The smallest absolute Gasteiger partial charge is 0.163 e. The molecule has 1 saturated heterocycles. The molecule has 1 aromatic carbocycles. The number of halogens is 3. The van der Waals surface area contributed by atoms with Crippen molar-refractivity contribution in [3.63, 3.8) is 0 Å². The number of hydrogen-bond acceptors (Lipinski definition) is 6. The molecule has 1 aromatic heterocycles. The predicted octanol–water partition coefficient (Wildman–Crippen LogP) is 1.91. The summed E-state index contributed by atoms with van der Waals surface area (Å²) in [5, 5.41) is 0. The lowest BCUT2D eigenvalue weighted by Crippen LogP contribution is -2.38. The van der Waals surface area contributed by atoms with E-state index >= 15 is 0 Å². The van der Waals surface area contributed by atoms with E-state index in [1.165, 1.54) is 0 Å². The summed E-state index contributed by atoms with van der Waals surface area (Å²) in [6, 6.07) is 4.03. The predicted molar refractivity (Wildman–Crippen MR) is 112 cm³/mol. The van der Waals surface area contributed by atoms with Crippen LogP contribution in [0.1, 0.15) is 5.82 Å². The Morgan fingerprint density at radius 1 is 0.926 bits per heavy atom.